The van der Waals surface area contributed by atoms with E-state index < -0.39 is 0 Å². The molecule has 2 aromatic carbocycles. The zero-order valence-electron chi connectivity index (χ0n) is 19.1. The summed E-state index contributed by atoms with van der Waals surface area (Å²) >= 11 is 0. The third kappa shape index (κ3) is 5.06. The van der Waals surface area contributed by atoms with Crippen LogP contribution in [0.15, 0.2) is 72.0 Å². The maximum absolute atomic E-state index is 12.8. The fourth-order valence-corrected chi connectivity index (χ4v) is 3.84. The molecule has 8 heteroatoms. The molecule has 0 aliphatic carbocycles. The number of phenolic OH excluding ortho intramolecular Hbond substituents is 1. The number of aromatic hydroxyl groups is 1. The Morgan fingerprint density at radius 3 is 2.62 bits per heavy atom. The topological polar surface area (TPSA) is 104 Å². The van der Waals surface area contributed by atoms with E-state index in [0.717, 1.165) is 23.3 Å². The highest BCUT2D eigenvalue weighted by atomic mass is 16.5. The van der Waals surface area contributed by atoms with Gasteiger partial charge >= 0.3 is 0 Å². The molecule has 2 heterocycles. The number of carbonyl (C=O) groups excluding carboxylic acids is 2. The quantitative estimate of drug-likeness (QED) is 0.552. The fourth-order valence-electron chi connectivity index (χ4n) is 3.84. The first kappa shape index (κ1) is 23.0. The number of pyridine rings is 1. The van der Waals surface area contributed by atoms with E-state index in [4.69, 9.17) is 4.74 Å². The monoisotopic (exact) mass is 458 g/mol. The predicted molar refractivity (Wildman–Crippen MR) is 129 cm³/mol. The fraction of sp³-hybridized carbons (Fsp3) is 0.231. The highest BCUT2D eigenvalue weighted by molar-refractivity contribution is 6.06. The highest BCUT2D eigenvalue weighted by Crippen LogP contribution is 2.31. The smallest absolute Gasteiger partial charge is 0.274 e. The number of nitrogens with one attached hydrogen (secondary N) is 1. The van der Waals surface area contributed by atoms with E-state index in [-0.39, 0.29) is 23.5 Å². The second-order valence-corrected chi connectivity index (χ2v) is 8.00. The number of amides is 2. The van der Waals surface area contributed by atoms with Gasteiger partial charge in [-0.25, -0.2) is 5.01 Å². The second-order valence-electron chi connectivity index (χ2n) is 8.00. The summed E-state index contributed by atoms with van der Waals surface area (Å²) in [5.74, 6) is 0.0458. The number of carbonyl (C=O) groups is 2. The molecule has 0 saturated carbocycles. The van der Waals surface area contributed by atoms with Crippen LogP contribution in [0.1, 0.15) is 41.4 Å². The molecule has 8 nitrogen and oxygen atoms in total. The van der Waals surface area contributed by atoms with Crippen LogP contribution in [-0.2, 0) is 11.3 Å². The van der Waals surface area contributed by atoms with Crippen molar-refractivity contribution in [2.75, 3.05) is 12.4 Å². The SMILES string of the molecule is CCC1CC(=O)N(Cc2ccc(NC(=O)c3ccccn3)cc2)N=C1c1ccc(OC)c(O)c1. The van der Waals surface area contributed by atoms with Crippen LogP contribution in [0, 0.1) is 5.92 Å². The van der Waals surface area contributed by atoms with Crippen molar-refractivity contribution in [2.24, 2.45) is 11.0 Å². The van der Waals surface area contributed by atoms with Crippen LogP contribution in [0.25, 0.3) is 0 Å². The van der Waals surface area contributed by atoms with Gasteiger partial charge in [0.15, 0.2) is 11.5 Å². The number of phenols is 1. The Hall–Kier alpha value is -4.20. The molecule has 1 aliphatic heterocycles. The summed E-state index contributed by atoms with van der Waals surface area (Å²) in [5, 5.41) is 19.1. The maximum Gasteiger partial charge on any atom is 0.274 e. The van der Waals surface area contributed by atoms with Crippen LogP contribution < -0.4 is 10.1 Å². The number of hydrogen-bond acceptors (Lipinski definition) is 6. The molecule has 2 N–H and O–H groups in total. The Bertz CT molecular complexity index is 1210. The van der Waals surface area contributed by atoms with Gasteiger partial charge < -0.3 is 15.2 Å². The van der Waals surface area contributed by atoms with E-state index in [1.807, 2.05) is 25.1 Å². The summed E-state index contributed by atoms with van der Waals surface area (Å²) in [6.45, 7) is 2.32. The predicted octanol–water partition coefficient (Wildman–Crippen LogP) is 4.21. The lowest BCUT2D eigenvalue weighted by Gasteiger charge is -2.29. The van der Waals surface area contributed by atoms with Crippen LogP contribution in [0.5, 0.6) is 11.5 Å². The summed E-state index contributed by atoms with van der Waals surface area (Å²) in [5.41, 5.74) is 3.37. The van der Waals surface area contributed by atoms with Crippen LogP contribution in [-0.4, -0.2) is 39.7 Å². The molecule has 1 aromatic heterocycles. The normalized spacial score (nSPS) is 15.6. The largest absolute Gasteiger partial charge is 0.504 e. The molecule has 174 valence electrons. The third-order valence-electron chi connectivity index (χ3n) is 5.73. The molecule has 0 spiro atoms. The van der Waals surface area contributed by atoms with Crippen molar-refractivity contribution in [3.05, 3.63) is 83.7 Å². The molecular formula is C26H26N4O4. The first-order chi connectivity index (χ1) is 16.5. The van der Waals surface area contributed by atoms with Crippen molar-refractivity contribution in [2.45, 2.75) is 26.3 Å². The molecular weight excluding hydrogens is 432 g/mol. The van der Waals surface area contributed by atoms with Crippen molar-refractivity contribution >= 4 is 23.2 Å². The lowest BCUT2D eigenvalue weighted by Crippen LogP contribution is -2.36. The van der Waals surface area contributed by atoms with Gasteiger partial charge in [0.05, 0.1) is 19.4 Å². The Labute approximate surface area is 197 Å². The van der Waals surface area contributed by atoms with Gasteiger partial charge in [0, 0.05) is 29.8 Å². The van der Waals surface area contributed by atoms with Crippen molar-refractivity contribution in [1.82, 2.24) is 9.99 Å². The number of aromatic nitrogens is 1. The van der Waals surface area contributed by atoms with Gasteiger partial charge in [0.1, 0.15) is 5.69 Å². The average Bonchev–Trinajstić information content (AvgIpc) is 2.86. The number of rotatable bonds is 7. The Kier molecular flexibility index (Phi) is 6.87. The maximum atomic E-state index is 12.8. The van der Waals surface area contributed by atoms with Gasteiger partial charge in [-0.3, -0.25) is 14.6 Å². The van der Waals surface area contributed by atoms with E-state index in [2.05, 4.69) is 15.4 Å². The minimum absolute atomic E-state index is 0.0271. The van der Waals surface area contributed by atoms with Gasteiger partial charge in [0.25, 0.3) is 5.91 Å². The summed E-state index contributed by atoms with van der Waals surface area (Å²) in [6.07, 6.45) is 2.68. The molecule has 4 rings (SSSR count). The van der Waals surface area contributed by atoms with Gasteiger partial charge in [0.2, 0.25) is 5.91 Å². The van der Waals surface area contributed by atoms with Gasteiger partial charge in [-0.15, -0.1) is 0 Å². The van der Waals surface area contributed by atoms with Crippen LogP contribution >= 0.6 is 0 Å². The van der Waals surface area contributed by atoms with Crippen LogP contribution in [0.2, 0.25) is 0 Å². The molecule has 0 fully saturated rings. The van der Waals surface area contributed by atoms with E-state index in [9.17, 15) is 14.7 Å². The number of hydrogen-bond donors (Lipinski definition) is 2. The molecule has 0 radical (unpaired) electrons. The van der Waals surface area contributed by atoms with Gasteiger partial charge in [-0.2, -0.15) is 5.10 Å². The second kappa shape index (κ2) is 10.2. The number of hydrazone groups is 1. The molecule has 3 aromatic rings. The molecule has 1 aliphatic rings. The van der Waals surface area contributed by atoms with Crippen molar-refractivity contribution in [1.29, 1.82) is 0 Å². The Morgan fingerprint density at radius 2 is 1.97 bits per heavy atom. The van der Waals surface area contributed by atoms with Crippen molar-refractivity contribution in [3.8, 4) is 11.5 Å². The number of ether oxygens (including phenoxy) is 1. The van der Waals surface area contributed by atoms with E-state index in [1.54, 1.807) is 48.7 Å². The molecule has 34 heavy (non-hydrogen) atoms. The summed E-state index contributed by atoms with van der Waals surface area (Å²) in [4.78, 5) is 29.1. The summed E-state index contributed by atoms with van der Waals surface area (Å²) in [6, 6.07) is 17.6. The lowest BCUT2D eigenvalue weighted by molar-refractivity contribution is -0.133. The standard InChI is InChI=1S/C26H26N4O4/c1-3-18-15-24(32)30(29-25(18)19-9-12-23(34-2)22(31)14-19)16-17-7-10-20(11-8-17)28-26(33)21-6-4-5-13-27-21/h4-14,18,31H,3,15-16H2,1-2H3,(H,28,33). The van der Waals surface area contributed by atoms with Gasteiger partial charge in [-0.1, -0.05) is 25.1 Å². The molecule has 1 atom stereocenters. The summed E-state index contributed by atoms with van der Waals surface area (Å²) in [7, 11) is 1.50. The van der Waals surface area contributed by atoms with Crippen LogP contribution in [0.3, 0.4) is 0 Å². The molecule has 2 amide bonds. The molecule has 1 unspecified atom stereocenters. The van der Waals surface area contributed by atoms with Crippen molar-refractivity contribution in [3.63, 3.8) is 0 Å². The highest BCUT2D eigenvalue weighted by Gasteiger charge is 2.29. The zero-order chi connectivity index (χ0) is 24.1. The number of methoxy groups -OCH3 is 1. The minimum atomic E-state index is -0.290. The lowest BCUT2D eigenvalue weighted by atomic mass is 9.89. The summed E-state index contributed by atoms with van der Waals surface area (Å²) < 4.78 is 5.13. The van der Waals surface area contributed by atoms with Gasteiger partial charge in [-0.05, 0) is 54.4 Å². The first-order valence-corrected chi connectivity index (χ1v) is 11.1. The molecule has 0 bridgehead atoms. The first-order valence-electron chi connectivity index (χ1n) is 11.1. The Morgan fingerprint density at radius 1 is 1.18 bits per heavy atom. The van der Waals surface area contributed by atoms with E-state index in [1.165, 1.54) is 12.1 Å². The third-order valence-corrected chi connectivity index (χ3v) is 5.73. The Balaban J connectivity index is 1.51. The molecule has 0 saturated heterocycles. The zero-order valence-corrected chi connectivity index (χ0v) is 19.1. The number of anilines is 1. The average molecular weight is 459 g/mol. The van der Waals surface area contributed by atoms with Crippen molar-refractivity contribution < 1.29 is 19.4 Å². The van der Waals surface area contributed by atoms with Crippen LogP contribution in [0.4, 0.5) is 5.69 Å². The number of nitrogens with zero attached hydrogens (tertiary/aromatic N) is 3. The number of benzene rings is 2. The minimum Gasteiger partial charge on any atom is -0.504 e. The van der Waals surface area contributed by atoms with E-state index >= 15 is 0 Å². The van der Waals surface area contributed by atoms with E-state index in [0.29, 0.717) is 30.1 Å².